The Bertz CT molecular complexity index is 1040. The van der Waals surface area contributed by atoms with Gasteiger partial charge >= 0.3 is 11.9 Å². The second kappa shape index (κ2) is 5.06. The molecule has 0 aromatic rings. The Morgan fingerprint density at radius 2 is 1.76 bits per heavy atom. The van der Waals surface area contributed by atoms with E-state index < -0.39 is 5.97 Å². The summed E-state index contributed by atoms with van der Waals surface area (Å²) in [6, 6.07) is 0. The Morgan fingerprint density at radius 3 is 2.45 bits per heavy atom. The van der Waals surface area contributed by atoms with Crippen molar-refractivity contribution < 1.29 is 24.5 Å². The third-order valence-electron chi connectivity index (χ3n) is 15.1. The van der Waals surface area contributed by atoms with Crippen LogP contribution in [0.2, 0.25) is 0 Å². The van der Waals surface area contributed by atoms with Gasteiger partial charge in [0, 0.05) is 18.4 Å². The van der Waals surface area contributed by atoms with E-state index in [1.54, 1.807) is 0 Å². The molecule has 9 rings (SSSR count). The van der Waals surface area contributed by atoms with Crippen LogP contribution in [0.3, 0.4) is 0 Å². The Hall–Kier alpha value is -1.10. The Morgan fingerprint density at radius 1 is 1.06 bits per heavy atom. The molecule has 0 radical (unpaired) electrons. The molecule has 0 amide bonds. The zero-order valence-electron chi connectivity index (χ0n) is 19.7. The molecule has 16 unspecified atom stereocenters. The summed E-state index contributed by atoms with van der Waals surface area (Å²) >= 11 is 0. The van der Waals surface area contributed by atoms with Crippen LogP contribution in [-0.4, -0.2) is 35.4 Å². The first-order chi connectivity index (χ1) is 15.9. The Balaban J connectivity index is 1.15. The highest BCUT2D eigenvalue weighted by molar-refractivity contribution is 5.79. The van der Waals surface area contributed by atoms with Crippen LogP contribution < -0.4 is 0 Å². The smallest absolute Gasteiger partial charge is 0.309 e. The third kappa shape index (κ3) is 1.48. The van der Waals surface area contributed by atoms with Crippen molar-refractivity contribution in [3.8, 4) is 0 Å². The summed E-state index contributed by atoms with van der Waals surface area (Å²) in [5, 5.41) is 21.1. The summed E-state index contributed by atoms with van der Waals surface area (Å²) in [5.41, 5.74) is 0.408. The third-order valence-corrected chi connectivity index (χ3v) is 15.1. The average Bonchev–Trinajstić information content (AvgIpc) is 3.21. The number of cyclic esters (lactones) is 1. The van der Waals surface area contributed by atoms with Crippen LogP contribution in [0.15, 0.2) is 0 Å². The van der Waals surface area contributed by atoms with Crippen molar-refractivity contribution in [1.82, 2.24) is 0 Å². The molecule has 9 fully saturated rings. The Labute approximate surface area is 195 Å². The van der Waals surface area contributed by atoms with Gasteiger partial charge < -0.3 is 14.9 Å². The zero-order chi connectivity index (χ0) is 22.4. The lowest BCUT2D eigenvalue weighted by Crippen LogP contribution is -2.37. The molecule has 2 N–H and O–H groups in total. The molecule has 9 aliphatic rings. The minimum absolute atomic E-state index is 0.0115. The van der Waals surface area contributed by atoms with Gasteiger partial charge in [-0.2, -0.15) is 0 Å². The van der Waals surface area contributed by atoms with Crippen molar-refractivity contribution in [1.29, 1.82) is 0 Å². The van der Waals surface area contributed by atoms with E-state index in [1.165, 1.54) is 25.7 Å². The number of carbonyl (C=O) groups excluding carboxylic acids is 1. The first-order valence-electron chi connectivity index (χ1n) is 13.9. The van der Waals surface area contributed by atoms with Crippen molar-refractivity contribution >= 4 is 11.9 Å². The number of carboxylic acids is 1. The number of aliphatic hydroxyl groups is 1. The molecular weight excluding hydrogens is 416 g/mol. The minimum atomic E-state index is -0.655. The second-order valence-electron chi connectivity index (χ2n) is 14.3. The monoisotopic (exact) mass is 452 g/mol. The predicted octanol–water partition coefficient (Wildman–Crippen LogP) is 3.45. The van der Waals surface area contributed by atoms with Crippen molar-refractivity contribution in [2.24, 2.45) is 92.7 Å². The molecule has 2 spiro atoms. The van der Waals surface area contributed by atoms with Crippen LogP contribution in [0.5, 0.6) is 0 Å². The molecule has 8 aliphatic carbocycles. The highest BCUT2D eigenvalue weighted by Gasteiger charge is 2.93. The van der Waals surface area contributed by atoms with Gasteiger partial charge in [-0.3, -0.25) is 9.59 Å². The van der Waals surface area contributed by atoms with Crippen molar-refractivity contribution in [2.75, 3.05) is 13.2 Å². The molecule has 33 heavy (non-hydrogen) atoms. The highest BCUT2D eigenvalue weighted by Crippen LogP contribution is 2.96. The van der Waals surface area contributed by atoms with Crippen LogP contribution in [0.25, 0.3) is 0 Å². The van der Waals surface area contributed by atoms with E-state index >= 15 is 0 Å². The van der Waals surface area contributed by atoms with E-state index in [2.05, 4.69) is 13.8 Å². The van der Waals surface area contributed by atoms with E-state index in [4.69, 9.17) is 4.74 Å². The van der Waals surface area contributed by atoms with E-state index in [0.29, 0.717) is 59.4 Å². The molecule has 1 aliphatic heterocycles. The van der Waals surface area contributed by atoms with E-state index in [-0.39, 0.29) is 46.6 Å². The maximum absolute atomic E-state index is 13.1. The van der Waals surface area contributed by atoms with Crippen molar-refractivity contribution in [3.05, 3.63) is 0 Å². The molecule has 16 atom stereocenters. The SMILES string of the molecule is CCC12CC3CC1C1(C(CC45CC6CC4C4(C(C)C64)C(C(=O)O)C5CO)C31)C1C(=O)OCC12. The Kier molecular flexibility index (Phi) is 2.93. The van der Waals surface area contributed by atoms with Gasteiger partial charge in [-0.1, -0.05) is 13.8 Å². The van der Waals surface area contributed by atoms with Crippen LogP contribution in [0.4, 0.5) is 0 Å². The number of aliphatic hydroxyl groups excluding tert-OH is 1. The van der Waals surface area contributed by atoms with Crippen LogP contribution in [0, 0.1) is 92.7 Å². The van der Waals surface area contributed by atoms with Gasteiger partial charge in [-0.25, -0.2) is 0 Å². The van der Waals surface area contributed by atoms with Gasteiger partial charge in [0.1, 0.15) is 0 Å². The number of hydrogen-bond acceptors (Lipinski definition) is 4. The van der Waals surface area contributed by atoms with Crippen molar-refractivity contribution in [2.45, 2.75) is 52.4 Å². The second-order valence-corrected chi connectivity index (χ2v) is 14.3. The molecule has 0 aromatic heterocycles. The van der Waals surface area contributed by atoms with Gasteiger partial charge in [0.2, 0.25) is 0 Å². The summed E-state index contributed by atoms with van der Waals surface area (Å²) in [7, 11) is 0. The largest absolute Gasteiger partial charge is 0.481 e. The van der Waals surface area contributed by atoms with Gasteiger partial charge in [0.25, 0.3) is 0 Å². The van der Waals surface area contributed by atoms with Crippen LogP contribution >= 0.6 is 0 Å². The number of carbonyl (C=O) groups is 2. The number of ether oxygens (including phenoxy) is 1. The molecule has 0 aromatic carbocycles. The maximum atomic E-state index is 13.1. The highest BCUT2D eigenvalue weighted by atomic mass is 16.5. The fourth-order valence-corrected chi connectivity index (χ4v) is 15.1. The summed E-state index contributed by atoms with van der Waals surface area (Å²) in [4.78, 5) is 25.8. The molecule has 1 heterocycles. The quantitative estimate of drug-likeness (QED) is 0.625. The fraction of sp³-hybridized carbons (Fsp3) is 0.929. The lowest BCUT2D eigenvalue weighted by molar-refractivity contribution is -0.147. The lowest BCUT2D eigenvalue weighted by Gasteiger charge is -2.39. The molecular formula is C28H36O5. The molecule has 1 saturated heterocycles. The van der Waals surface area contributed by atoms with E-state index in [1.807, 2.05) is 0 Å². The standard InChI is InChI=1S/C28H36O5/c1-3-25-6-13-5-17(25)28(22-16(25)10-33-24(22)32)14(20(13)28)8-26-7-12-4-18(26)27(11(2)19(12)27)21(23(30)31)15(26)9-29/h11-22,29H,3-10H2,1-2H3,(H,30,31). The average molecular weight is 453 g/mol. The first-order valence-corrected chi connectivity index (χ1v) is 13.9. The topological polar surface area (TPSA) is 83.8 Å². The predicted molar refractivity (Wildman–Crippen MR) is 116 cm³/mol. The fourth-order valence-electron chi connectivity index (χ4n) is 15.1. The first kappa shape index (κ1) is 19.1. The number of hydrogen-bond donors (Lipinski definition) is 2. The van der Waals surface area contributed by atoms with Crippen LogP contribution in [0.1, 0.15) is 52.4 Å². The minimum Gasteiger partial charge on any atom is -0.481 e. The van der Waals surface area contributed by atoms with Gasteiger partial charge in [-0.15, -0.1) is 0 Å². The number of carboxylic acid groups (broad SMARTS) is 1. The van der Waals surface area contributed by atoms with E-state index in [9.17, 15) is 19.8 Å². The number of esters is 1. The van der Waals surface area contributed by atoms with Gasteiger partial charge in [0.05, 0.1) is 18.4 Å². The van der Waals surface area contributed by atoms with Gasteiger partial charge in [0.15, 0.2) is 0 Å². The zero-order valence-corrected chi connectivity index (χ0v) is 19.7. The molecule has 178 valence electrons. The maximum Gasteiger partial charge on any atom is 0.309 e. The summed E-state index contributed by atoms with van der Waals surface area (Å²) in [6.07, 6.45) is 7.19. The summed E-state index contributed by atoms with van der Waals surface area (Å²) < 4.78 is 5.74. The van der Waals surface area contributed by atoms with Gasteiger partial charge in [-0.05, 0) is 108 Å². The number of aliphatic carboxylic acids is 1. The number of rotatable bonds is 5. The molecule has 5 heteroatoms. The van der Waals surface area contributed by atoms with Crippen molar-refractivity contribution in [3.63, 3.8) is 0 Å². The lowest BCUT2D eigenvalue weighted by atomic mass is 9.65. The summed E-state index contributed by atoms with van der Waals surface area (Å²) in [5.74, 6) is 4.37. The summed E-state index contributed by atoms with van der Waals surface area (Å²) in [6.45, 7) is 5.30. The molecule has 5 nitrogen and oxygen atoms in total. The normalized spacial score (nSPS) is 69.8. The number of fused-ring (bicyclic) bond motifs is 6. The van der Waals surface area contributed by atoms with E-state index in [0.717, 1.165) is 18.8 Å². The molecule has 4 bridgehead atoms. The van der Waals surface area contributed by atoms with Crippen LogP contribution in [-0.2, 0) is 14.3 Å². The molecule has 8 saturated carbocycles.